The second-order valence-electron chi connectivity index (χ2n) is 7.02. The molecule has 2 aliphatic heterocycles. The summed E-state index contributed by atoms with van der Waals surface area (Å²) in [6, 6.07) is 8.35. The number of likely N-dealkylation sites (tertiary alicyclic amines) is 1. The van der Waals surface area contributed by atoms with Gasteiger partial charge in [0.15, 0.2) is 5.75 Å². The quantitative estimate of drug-likeness (QED) is 0.789. The minimum absolute atomic E-state index is 0.0573. The Labute approximate surface area is 162 Å². The molecular formula is C20H20ClN3O3. The van der Waals surface area contributed by atoms with Crippen molar-refractivity contribution in [2.24, 2.45) is 5.92 Å². The molecule has 1 fully saturated rings. The van der Waals surface area contributed by atoms with E-state index in [4.69, 9.17) is 16.3 Å². The summed E-state index contributed by atoms with van der Waals surface area (Å²) in [5.41, 5.74) is 0.800. The van der Waals surface area contributed by atoms with E-state index in [0.29, 0.717) is 27.9 Å². The van der Waals surface area contributed by atoms with Gasteiger partial charge in [-0.1, -0.05) is 18.5 Å². The van der Waals surface area contributed by atoms with Gasteiger partial charge in [0.25, 0.3) is 5.91 Å². The SMILES string of the molecule is CC1CCN(C(=O)CN2C(=O)c3cccnc3Oc3ccc(Cl)cc32)CC1. The smallest absolute Gasteiger partial charge is 0.264 e. The van der Waals surface area contributed by atoms with Crippen LogP contribution in [0.4, 0.5) is 5.69 Å². The van der Waals surface area contributed by atoms with Crippen molar-refractivity contribution in [1.82, 2.24) is 9.88 Å². The first kappa shape index (κ1) is 17.8. The molecule has 27 heavy (non-hydrogen) atoms. The Morgan fingerprint density at radius 3 is 2.85 bits per heavy atom. The molecule has 0 unspecified atom stereocenters. The van der Waals surface area contributed by atoms with Gasteiger partial charge >= 0.3 is 0 Å². The van der Waals surface area contributed by atoms with E-state index < -0.39 is 0 Å². The van der Waals surface area contributed by atoms with Gasteiger partial charge < -0.3 is 9.64 Å². The molecule has 0 atom stereocenters. The average Bonchev–Trinajstić information content (AvgIpc) is 2.78. The third-order valence-corrected chi connectivity index (χ3v) is 5.33. The lowest BCUT2D eigenvalue weighted by Gasteiger charge is -2.32. The molecule has 0 spiro atoms. The summed E-state index contributed by atoms with van der Waals surface area (Å²) >= 11 is 6.15. The van der Waals surface area contributed by atoms with E-state index in [-0.39, 0.29) is 24.2 Å². The molecule has 0 N–H and O–H groups in total. The molecule has 2 amide bonds. The van der Waals surface area contributed by atoms with E-state index in [0.717, 1.165) is 25.9 Å². The van der Waals surface area contributed by atoms with Crippen LogP contribution in [0.1, 0.15) is 30.1 Å². The van der Waals surface area contributed by atoms with Crippen molar-refractivity contribution < 1.29 is 14.3 Å². The highest BCUT2D eigenvalue weighted by atomic mass is 35.5. The van der Waals surface area contributed by atoms with Crippen LogP contribution in [0.3, 0.4) is 0 Å². The molecule has 0 radical (unpaired) electrons. The highest BCUT2D eigenvalue weighted by Crippen LogP contribution is 2.39. The van der Waals surface area contributed by atoms with Gasteiger partial charge in [0.2, 0.25) is 11.8 Å². The third-order valence-electron chi connectivity index (χ3n) is 5.09. The van der Waals surface area contributed by atoms with Gasteiger partial charge in [-0.3, -0.25) is 14.5 Å². The number of aromatic nitrogens is 1. The molecule has 2 aromatic rings. The Morgan fingerprint density at radius 2 is 2.07 bits per heavy atom. The van der Waals surface area contributed by atoms with E-state index in [1.54, 1.807) is 36.5 Å². The van der Waals surface area contributed by atoms with Crippen LogP contribution in [0.25, 0.3) is 0 Å². The monoisotopic (exact) mass is 385 g/mol. The maximum Gasteiger partial charge on any atom is 0.264 e. The number of amides is 2. The zero-order chi connectivity index (χ0) is 19.0. The average molecular weight is 386 g/mol. The number of carbonyl (C=O) groups is 2. The van der Waals surface area contributed by atoms with Gasteiger partial charge in [0, 0.05) is 24.3 Å². The van der Waals surface area contributed by atoms with E-state index in [1.165, 1.54) is 4.90 Å². The molecule has 1 aromatic heterocycles. The summed E-state index contributed by atoms with van der Waals surface area (Å²) in [5, 5.41) is 0.466. The Kier molecular flexibility index (Phi) is 4.74. The topological polar surface area (TPSA) is 62.7 Å². The van der Waals surface area contributed by atoms with Gasteiger partial charge in [-0.2, -0.15) is 0 Å². The first-order chi connectivity index (χ1) is 13.0. The number of halogens is 1. The van der Waals surface area contributed by atoms with Gasteiger partial charge in [0.05, 0.1) is 5.69 Å². The maximum absolute atomic E-state index is 13.2. The maximum atomic E-state index is 13.2. The van der Waals surface area contributed by atoms with Crippen LogP contribution in [0.5, 0.6) is 11.6 Å². The molecule has 1 aromatic carbocycles. The first-order valence-corrected chi connectivity index (χ1v) is 9.43. The first-order valence-electron chi connectivity index (χ1n) is 9.05. The van der Waals surface area contributed by atoms with Crippen LogP contribution in [-0.4, -0.2) is 41.3 Å². The molecule has 0 aliphatic carbocycles. The van der Waals surface area contributed by atoms with Crippen molar-refractivity contribution in [2.45, 2.75) is 19.8 Å². The number of fused-ring (bicyclic) bond motifs is 2. The fourth-order valence-corrected chi connectivity index (χ4v) is 3.60. The second kappa shape index (κ2) is 7.19. The predicted octanol–water partition coefficient (Wildman–Crippen LogP) is 3.75. The zero-order valence-electron chi connectivity index (χ0n) is 15.0. The number of anilines is 1. The summed E-state index contributed by atoms with van der Waals surface area (Å²) in [4.78, 5) is 33.5. The molecule has 140 valence electrons. The highest BCUT2D eigenvalue weighted by Gasteiger charge is 2.32. The van der Waals surface area contributed by atoms with Crippen molar-refractivity contribution in [3.8, 4) is 11.6 Å². The predicted molar refractivity (Wildman–Crippen MR) is 102 cm³/mol. The minimum Gasteiger partial charge on any atom is -0.436 e. The number of hydrogen-bond acceptors (Lipinski definition) is 4. The minimum atomic E-state index is -0.321. The fraction of sp³-hybridized carbons (Fsp3) is 0.350. The van der Waals surface area contributed by atoms with E-state index >= 15 is 0 Å². The zero-order valence-corrected chi connectivity index (χ0v) is 15.8. The summed E-state index contributed by atoms with van der Waals surface area (Å²) < 4.78 is 5.84. The van der Waals surface area contributed by atoms with Crippen LogP contribution in [-0.2, 0) is 4.79 Å². The number of hydrogen-bond donors (Lipinski definition) is 0. The molecule has 7 heteroatoms. The van der Waals surface area contributed by atoms with Crippen LogP contribution in [0.2, 0.25) is 5.02 Å². The normalized spacial score (nSPS) is 17.0. The van der Waals surface area contributed by atoms with Gasteiger partial charge in [0.1, 0.15) is 12.1 Å². The van der Waals surface area contributed by atoms with Crippen molar-refractivity contribution in [3.63, 3.8) is 0 Å². The van der Waals surface area contributed by atoms with Gasteiger partial charge in [-0.25, -0.2) is 4.98 Å². The Morgan fingerprint density at radius 1 is 1.30 bits per heavy atom. The largest absolute Gasteiger partial charge is 0.436 e. The molecule has 0 bridgehead atoms. The van der Waals surface area contributed by atoms with Crippen LogP contribution >= 0.6 is 11.6 Å². The van der Waals surface area contributed by atoms with Crippen molar-refractivity contribution in [3.05, 3.63) is 47.1 Å². The number of benzene rings is 1. The van der Waals surface area contributed by atoms with Gasteiger partial charge in [-0.05, 0) is 49.1 Å². The van der Waals surface area contributed by atoms with Crippen LogP contribution in [0, 0.1) is 5.92 Å². The standard InChI is InChI=1S/C20H20ClN3O3/c1-13-6-9-23(10-7-13)18(25)12-24-16-11-14(21)4-5-17(16)27-19-15(20(24)26)3-2-8-22-19/h2-5,8,11,13H,6-7,9-10,12H2,1H3. The number of carbonyl (C=O) groups excluding carboxylic acids is 2. The number of ether oxygens (including phenoxy) is 1. The lowest BCUT2D eigenvalue weighted by molar-refractivity contribution is -0.130. The van der Waals surface area contributed by atoms with Crippen LogP contribution in [0.15, 0.2) is 36.5 Å². The Bertz CT molecular complexity index is 894. The summed E-state index contributed by atoms with van der Waals surface area (Å²) in [6.45, 7) is 3.58. The number of rotatable bonds is 2. The molecule has 2 aliphatic rings. The lowest BCUT2D eigenvalue weighted by Crippen LogP contribution is -2.45. The number of nitrogens with zero attached hydrogens (tertiary/aromatic N) is 3. The Balaban J connectivity index is 1.68. The van der Waals surface area contributed by atoms with E-state index in [2.05, 4.69) is 11.9 Å². The lowest BCUT2D eigenvalue weighted by atomic mass is 9.99. The van der Waals surface area contributed by atoms with E-state index in [9.17, 15) is 9.59 Å². The van der Waals surface area contributed by atoms with E-state index in [1.807, 2.05) is 4.90 Å². The summed E-state index contributed by atoms with van der Waals surface area (Å²) in [5.74, 6) is 0.907. The van der Waals surface area contributed by atoms with Crippen LogP contribution < -0.4 is 9.64 Å². The number of pyridine rings is 1. The fourth-order valence-electron chi connectivity index (χ4n) is 3.43. The van der Waals surface area contributed by atoms with Gasteiger partial charge in [-0.15, -0.1) is 0 Å². The van der Waals surface area contributed by atoms with Crippen molar-refractivity contribution in [2.75, 3.05) is 24.5 Å². The van der Waals surface area contributed by atoms with Crippen molar-refractivity contribution >= 4 is 29.1 Å². The highest BCUT2D eigenvalue weighted by molar-refractivity contribution is 6.31. The summed E-state index contributed by atoms with van der Waals surface area (Å²) in [7, 11) is 0. The summed E-state index contributed by atoms with van der Waals surface area (Å²) in [6.07, 6.45) is 3.54. The Hall–Kier alpha value is -2.60. The number of piperidine rings is 1. The second-order valence-corrected chi connectivity index (χ2v) is 7.46. The third kappa shape index (κ3) is 3.49. The van der Waals surface area contributed by atoms with Crippen molar-refractivity contribution in [1.29, 1.82) is 0 Å². The molecular weight excluding hydrogens is 366 g/mol. The molecule has 3 heterocycles. The molecule has 0 saturated carbocycles. The molecule has 1 saturated heterocycles. The molecule has 4 rings (SSSR count). The molecule has 6 nitrogen and oxygen atoms in total.